The number of pyridine rings is 1. The highest BCUT2D eigenvalue weighted by Crippen LogP contribution is 2.26. The predicted molar refractivity (Wildman–Crippen MR) is 103 cm³/mol. The molecule has 2 aliphatic rings. The zero-order chi connectivity index (χ0) is 19.4. The highest BCUT2D eigenvalue weighted by molar-refractivity contribution is 5.95. The average Bonchev–Trinajstić information content (AvgIpc) is 2.63. The number of anilines is 1. The number of nitrogens with zero attached hydrogens (tertiary/aromatic N) is 4. The Morgan fingerprint density at radius 1 is 1.30 bits per heavy atom. The van der Waals surface area contributed by atoms with Gasteiger partial charge in [0.2, 0.25) is 0 Å². The second-order valence-corrected chi connectivity index (χ2v) is 7.45. The number of aliphatic carboxylic acids is 1. The van der Waals surface area contributed by atoms with Crippen molar-refractivity contribution in [1.82, 2.24) is 20.1 Å². The largest absolute Gasteiger partial charge is 0.480 e. The molecule has 0 radical (unpaired) electrons. The number of aromatic nitrogens is 1. The van der Waals surface area contributed by atoms with E-state index in [1.54, 1.807) is 12.3 Å². The lowest BCUT2D eigenvalue weighted by Gasteiger charge is -2.42. The first-order valence-corrected chi connectivity index (χ1v) is 9.62. The van der Waals surface area contributed by atoms with Crippen LogP contribution >= 0.6 is 0 Å². The Hall–Kier alpha value is -2.19. The molecule has 8 nitrogen and oxygen atoms in total. The van der Waals surface area contributed by atoms with Gasteiger partial charge in [0.25, 0.3) is 5.91 Å². The normalized spacial score (nSPS) is 23.1. The summed E-state index contributed by atoms with van der Waals surface area (Å²) >= 11 is 0. The van der Waals surface area contributed by atoms with Crippen molar-refractivity contribution in [2.45, 2.75) is 31.8 Å². The fraction of sp³-hybridized carbons (Fsp3) is 0.632. The summed E-state index contributed by atoms with van der Waals surface area (Å²) in [5, 5.41) is 12.0. The number of rotatable bonds is 7. The molecule has 1 aliphatic heterocycles. The molecule has 2 N–H and O–H groups in total. The number of nitrogens with one attached hydrogen (secondary N) is 1. The fourth-order valence-electron chi connectivity index (χ4n) is 3.71. The maximum absolute atomic E-state index is 12.6. The first kappa shape index (κ1) is 19.6. The van der Waals surface area contributed by atoms with Gasteiger partial charge in [-0.15, -0.1) is 0 Å². The van der Waals surface area contributed by atoms with Crippen LogP contribution in [-0.4, -0.2) is 90.2 Å². The minimum Gasteiger partial charge on any atom is -0.480 e. The minimum absolute atomic E-state index is 0.0561. The van der Waals surface area contributed by atoms with Gasteiger partial charge in [-0.05, 0) is 38.6 Å². The van der Waals surface area contributed by atoms with Crippen LogP contribution in [0.5, 0.6) is 0 Å². The predicted octanol–water partition coefficient (Wildman–Crippen LogP) is 0.501. The van der Waals surface area contributed by atoms with Crippen molar-refractivity contribution >= 4 is 17.7 Å². The van der Waals surface area contributed by atoms with Gasteiger partial charge in [0.05, 0.1) is 6.54 Å². The van der Waals surface area contributed by atoms with E-state index in [0.29, 0.717) is 12.1 Å². The molecular formula is C19H29N5O3. The standard InChI is InChI=1S/C19H29N5O3/c1-3-23(13-18(25)26)16-11-15(12-16)21-19(27)14-4-5-20-17(10-14)24-8-6-22(2)7-9-24/h4-5,10,15-16H,3,6-9,11-13H2,1-2H3,(H,21,27)(H,25,26). The maximum atomic E-state index is 12.6. The van der Waals surface area contributed by atoms with Gasteiger partial charge in [-0.25, -0.2) is 4.98 Å². The molecule has 1 saturated carbocycles. The minimum atomic E-state index is -0.808. The second kappa shape index (κ2) is 8.67. The van der Waals surface area contributed by atoms with Crippen molar-refractivity contribution in [1.29, 1.82) is 0 Å². The topological polar surface area (TPSA) is 89.0 Å². The van der Waals surface area contributed by atoms with Crippen LogP contribution < -0.4 is 10.2 Å². The van der Waals surface area contributed by atoms with Gasteiger partial charge in [0.1, 0.15) is 5.82 Å². The van der Waals surface area contributed by atoms with Crippen LogP contribution in [0, 0.1) is 0 Å². The molecule has 8 heteroatoms. The van der Waals surface area contributed by atoms with Crippen molar-refractivity contribution in [2.75, 3.05) is 51.2 Å². The van der Waals surface area contributed by atoms with Gasteiger partial charge in [0, 0.05) is 50.0 Å². The van der Waals surface area contributed by atoms with Crippen LogP contribution in [0.1, 0.15) is 30.1 Å². The number of likely N-dealkylation sites (N-methyl/N-ethyl adjacent to an activating group) is 2. The number of carbonyl (C=O) groups is 2. The summed E-state index contributed by atoms with van der Waals surface area (Å²) in [7, 11) is 2.11. The van der Waals surface area contributed by atoms with E-state index in [0.717, 1.165) is 44.8 Å². The summed E-state index contributed by atoms with van der Waals surface area (Å²) in [6.07, 6.45) is 3.28. The summed E-state index contributed by atoms with van der Waals surface area (Å²) < 4.78 is 0. The molecular weight excluding hydrogens is 346 g/mol. The van der Waals surface area contributed by atoms with Gasteiger partial charge in [0.15, 0.2) is 0 Å². The maximum Gasteiger partial charge on any atom is 0.317 e. The third kappa shape index (κ3) is 4.95. The van der Waals surface area contributed by atoms with E-state index in [9.17, 15) is 9.59 Å². The van der Waals surface area contributed by atoms with Crippen LogP contribution in [0.3, 0.4) is 0 Å². The van der Waals surface area contributed by atoms with E-state index < -0.39 is 5.97 Å². The van der Waals surface area contributed by atoms with Crippen LogP contribution in [-0.2, 0) is 4.79 Å². The Kier molecular flexibility index (Phi) is 6.28. The van der Waals surface area contributed by atoms with E-state index in [1.165, 1.54) is 0 Å². The Labute approximate surface area is 160 Å². The molecule has 1 aromatic rings. The first-order valence-electron chi connectivity index (χ1n) is 9.62. The molecule has 0 spiro atoms. The van der Waals surface area contributed by atoms with Crippen molar-refractivity contribution in [3.8, 4) is 0 Å². The molecule has 0 aromatic carbocycles. The number of amides is 1. The molecule has 0 unspecified atom stereocenters. The van der Waals surface area contributed by atoms with E-state index >= 15 is 0 Å². The summed E-state index contributed by atoms with van der Waals surface area (Å²) in [4.78, 5) is 34.4. The number of hydrogen-bond donors (Lipinski definition) is 2. The summed E-state index contributed by atoms with van der Waals surface area (Å²) in [6, 6.07) is 3.94. The zero-order valence-electron chi connectivity index (χ0n) is 16.1. The summed E-state index contributed by atoms with van der Waals surface area (Å²) in [5.74, 6) is -0.0454. The SMILES string of the molecule is CCN(CC(=O)O)C1CC(NC(=O)c2ccnc(N3CCN(C)CC3)c2)C1. The van der Waals surface area contributed by atoms with Crippen molar-refractivity contribution in [3.63, 3.8) is 0 Å². The van der Waals surface area contributed by atoms with Crippen LogP contribution in [0.2, 0.25) is 0 Å². The lowest BCUT2D eigenvalue weighted by atomic mass is 9.85. The Bertz CT molecular complexity index is 669. The van der Waals surface area contributed by atoms with Crippen molar-refractivity contribution in [3.05, 3.63) is 23.9 Å². The van der Waals surface area contributed by atoms with Crippen molar-refractivity contribution < 1.29 is 14.7 Å². The second-order valence-electron chi connectivity index (χ2n) is 7.45. The third-order valence-electron chi connectivity index (χ3n) is 5.54. The van der Waals surface area contributed by atoms with Gasteiger partial charge >= 0.3 is 5.97 Å². The van der Waals surface area contributed by atoms with Crippen LogP contribution in [0.15, 0.2) is 18.3 Å². The van der Waals surface area contributed by atoms with Crippen LogP contribution in [0.25, 0.3) is 0 Å². The molecule has 1 aromatic heterocycles. The number of carboxylic acid groups (broad SMARTS) is 1. The monoisotopic (exact) mass is 375 g/mol. The smallest absolute Gasteiger partial charge is 0.317 e. The van der Waals surface area contributed by atoms with Gasteiger partial charge in [-0.1, -0.05) is 6.92 Å². The molecule has 2 fully saturated rings. The molecule has 1 saturated heterocycles. The molecule has 0 bridgehead atoms. The highest BCUT2D eigenvalue weighted by atomic mass is 16.4. The van der Waals surface area contributed by atoms with Crippen LogP contribution in [0.4, 0.5) is 5.82 Å². The summed E-state index contributed by atoms with van der Waals surface area (Å²) in [6.45, 7) is 6.53. The number of piperazine rings is 1. The molecule has 1 amide bonds. The van der Waals surface area contributed by atoms with Gasteiger partial charge in [-0.2, -0.15) is 0 Å². The number of carbonyl (C=O) groups excluding carboxylic acids is 1. The molecule has 1 aliphatic carbocycles. The lowest BCUT2D eigenvalue weighted by Crippen LogP contribution is -2.54. The molecule has 148 valence electrons. The van der Waals surface area contributed by atoms with Gasteiger partial charge in [-0.3, -0.25) is 14.5 Å². The highest BCUT2D eigenvalue weighted by Gasteiger charge is 2.34. The Balaban J connectivity index is 1.52. The van der Waals surface area contributed by atoms with E-state index in [1.807, 2.05) is 17.9 Å². The van der Waals surface area contributed by atoms with E-state index in [2.05, 4.69) is 27.1 Å². The van der Waals surface area contributed by atoms with Crippen molar-refractivity contribution in [2.24, 2.45) is 0 Å². The quantitative estimate of drug-likeness (QED) is 0.717. The summed E-state index contributed by atoms with van der Waals surface area (Å²) in [5.41, 5.74) is 0.625. The molecule has 0 atom stereocenters. The number of hydrogen-bond acceptors (Lipinski definition) is 6. The zero-order valence-corrected chi connectivity index (χ0v) is 16.1. The molecule has 2 heterocycles. The molecule has 3 rings (SSSR count). The third-order valence-corrected chi connectivity index (χ3v) is 5.54. The van der Waals surface area contributed by atoms with E-state index in [4.69, 9.17) is 5.11 Å². The fourth-order valence-corrected chi connectivity index (χ4v) is 3.71. The molecule has 27 heavy (non-hydrogen) atoms. The van der Waals surface area contributed by atoms with Gasteiger partial charge < -0.3 is 20.2 Å². The Morgan fingerprint density at radius 2 is 2.00 bits per heavy atom. The lowest BCUT2D eigenvalue weighted by molar-refractivity contribution is -0.139. The van der Waals surface area contributed by atoms with E-state index in [-0.39, 0.29) is 24.5 Å². The Morgan fingerprint density at radius 3 is 2.63 bits per heavy atom. The first-order chi connectivity index (χ1) is 13.0. The average molecular weight is 375 g/mol. The number of carboxylic acids is 1.